The van der Waals surface area contributed by atoms with Gasteiger partial charge in [-0.2, -0.15) is 5.10 Å². The van der Waals surface area contributed by atoms with E-state index < -0.39 is 0 Å². The number of amides is 2. The van der Waals surface area contributed by atoms with E-state index in [1.165, 1.54) is 0 Å². The summed E-state index contributed by atoms with van der Waals surface area (Å²) >= 11 is 0. The zero-order valence-electron chi connectivity index (χ0n) is 18.7. The maximum absolute atomic E-state index is 13.2. The van der Waals surface area contributed by atoms with Gasteiger partial charge in [0.25, 0.3) is 11.8 Å². The second-order valence-electron chi connectivity index (χ2n) is 7.55. The van der Waals surface area contributed by atoms with Gasteiger partial charge >= 0.3 is 0 Å². The Morgan fingerprint density at radius 3 is 2.06 bits per heavy atom. The quantitative estimate of drug-likeness (QED) is 0.427. The molecule has 4 rings (SSSR count). The summed E-state index contributed by atoms with van der Waals surface area (Å²) in [5, 5.41) is 7.63. The number of para-hydroxylation sites is 1. The van der Waals surface area contributed by atoms with E-state index in [1.54, 1.807) is 40.0 Å². The molecule has 1 heterocycles. The third-order valence-corrected chi connectivity index (χ3v) is 5.47. The summed E-state index contributed by atoms with van der Waals surface area (Å²) in [4.78, 5) is 27.5. The molecule has 1 aromatic heterocycles. The van der Waals surface area contributed by atoms with Gasteiger partial charge < -0.3 is 10.2 Å². The molecule has 33 heavy (non-hydrogen) atoms. The number of hydrogen-bond donors (Lipinski definition) is 1. The fraction of sp³-hybridized carbons (Fsp3) is 0.148. The second-order valence-corrected chi connectivity index (χ2v) is 7.55. The molecule has 0 atom stereocenters. The molecule has 0 radical (unpaired) electrons. The molecule has 166 valence electrons. The first-order valence-corrected chi connectivity index (χ1v) is 11.0. The molecule has 0 unspecified atom stereocenters. The fourth-order valence-electron chi connectivity index (χ4n) is 3.65. The van der Waals surface area contributed by atoms with E-state index in [9.17, 15) is 9.59 Å². The van der Waals surface area contributed by atoms with Crippen LogP contribution in [-0.4, -0.2) is 39.6 Å². The van der Waals surface area contributed by atoms with Crippen LogP contribution in [0.3, 0.4) is 0 Å². The van der Waals surface area contributed by atoms with Crippen LogP contribution in [0, 0.1) is 0 Å². The van der Waals surface area contributed by atoms with Crippen LogP contribution < -0.4 is 5.32 Å². The van der Waals surface area contributed by atoms with Crippen molar-refractivity contribution in [2.45, 2.75) is 13.8 Å². The van der Waals surface area contributed by atoms with E-state index in [4.69, 9.17) is 5.10 Å². The van der Waals surface area contributed by atoms with Gasteiger partial charge in [0.1, 0.15) is 5.69 Å². The minimum absolute atomic E-state index is 0.0200. The molecular weight excluding hydrogens is 412 g/mol. The van der Waals surface area contributed by atoms with Gasteiger partial charge in [-0.05, 0) is 50.2 Å². The molecule has 2 amide bonds. The average Bonchev–Trinajstić information content (AvgIpc) is 3.32. The number of nitrogens with zero attached hydrogens (tertiary/aromatic N) is 3. The summed E-state index contributed by atoms with van der Waals surface area (Å²) in [7, 11) is 0. The van der Waals surface area contributed by atoms with Crippen molar-refractivity contribution in [3.05, 3.63) is 102 Å². The maximum atomic E-state index is 13.2. The molecule has 6 heteroatoms. The van der Waals surface area contributed by atoms with E-state index in [1.807, 2.05) is 74.5 Å². The predicted molar refractivity (Wildman–Crippen MR) is 131 cm³/mol. The number of nitrogens with one attached hydrogen (secondary N) is 1. The Balaban J connectivity index is 1.61. The number of hydrogen-bond acceptors (Lipinski definition) is 3. The van der Waals surface area contributed by atoms with Crippen molar-refractivity contribution in [2.24, 2.45) is 0 Å². The van der Waals surface area contributed by atoms with Gasteiger partial charge in [0.05, 0.1) is 11.3 Å². The highest BCUT2D eigenvalue weighted by Crippen LogP contribution is 2.25. The van der Waals surface area contributed by atoms with E-state index >= 15 is 0 Å². The molecule has 0 aliphatic carbocycles. The fourth-order valence-corrected chi connectivity index (χ4v) is 3.65. The van der Waals surface area contributed by atoms with Crippen molar-refractivity contribution in [3.63, 3.8) is 0 Å². The van der Waals surface area contributed by atoms with Crippen LogP contribution in [0.25, 0.3) is 16.9 Å². The molecule has 0 spiro atoms. The molecule has 6 nitrogen and oxygen atoms in total. The van der Waals surface area contributed by atoms with Gasteiger partial charge in [-0.25, -0.2) is 4.68 Å². The molecule has 0 aliphatic heterocycles. The van der Waals surface area contributed by atoms with E-state index in [2.05, 4.69) is 5.32 Å². The van der Waals surface area contributed by atoms with Crippen LogP contribution in [0.15, 0.2) is 91.1 Å². The summed E-state index contributed by atoms with van der Waals surface area (Å²) in [6.45, 7) is 5.22. The summed E-state index contributed by atoms with van der Waals surface area (Å²) in [5.74, 6) is -0.285. The van der Waals surface area contributed by atoms with Crippen LogP contribution in [0.5, 0.6) is 0 Å². The highest BCUT2D eigenvalue weighted by Gasteiger charge is 2.19. The van der Waals surface area contributed by atoms with Gasteiger partial charge in [-0.15, -0.1) is 0 Å². The van der Waals surface area contributed by atoms with Crippen LogP contribution in [0.1, 0.15) is 34.6 Å². The minimum Gasteiger partial charge on any atom is -0.339 e. The molecule has 1 N–H and O–H groups in total. The minimum atomic E-state index is -0.265. The molecule has 0 saturated heterocycles. The third-order valence-electron chi connectivity index (χ3n) is 5.47. The van der Waals surface area contributed by atoms with Gasteiger partial charge in [0.2, 0.25) is 0 Å². The van der Waals surface area contributed by atoms with E-state index in [-0.39, 0.29) is 11.8 Å². The number of rotatable bonds is 7. The van der Waals surface area contributed by atoms with Gasteiger partial charge in [0.15, 0.2) is 0 Å². The zero-order valence-corrected chi connectivity index (χ0v) is 18.7. The number of carbonyl (C=O) groups is 2. The van der Waals surface area contributed by atoms with Crippen molar-refractivity contribution < 1.29 is 9.59 Å². The first-order valence-electron chi connectivity index (χ1n) is 11.0. The SMILES string of the molecule is CCN(CC)C(=O)c1ccc(NC(=O)c2cn(-c3ccccc3)nc2-c2ccccc2)cc1. The van der Waals surface area contributed by atoms with Gasteiger partial charge in [0, 0.05) is 36.1 Å². The van der Waals surface area contributed by atoms with E-state index in [0.717, 1.165) is 11.3 Å². The first-order chi connectivity index (χ1) is 16.1. The molecule has 4 aromatic rings. The smallest absolute Gasteiger partial charge is 0.259 e. The molecule has 3 aromatic carbocycles. The van der Waals surface area contributed by atoms with Gasteiger partial charge in [-0.1, -0.05) is 48.5 Å². The summed E-state index contributed by atoms with van der Waals surface area (Å²) in [5.41, 5.74) is 4.00. The molecule has 0 bridgehead atoms. The summed E-state index contributed by atoms with van der Waals surface area (Å²) < 4.78 is 1.71. The third kappa shape index (κ3) is 4.85. The largest absolute Gasteiger partial charge is 0.339 e. The van der Waals surface area contributed by atoms with Crippen molar-refractivity contribution in [3.8, 4) is 16.9 Å². The lowest BCUT2D eigenvalue weighted by Gasteiger charge is -2.18. The topological polar surface area (TPSA) is 67.2 Å². The lowest BCUT2D eigenvalue weighted by molar-refractivity contribution is 0.0773. The van der Waals surface area contributed by atoms with Crippen LogP contribution >= 0.6 is 0 Å². The standard InChI is InChI=1S/C27H26N4O2/c1-3-30(4-2)27(33)21-15-17-22(18-16-21)28-26(32)24-19-31(23-13-9-6-10-14-23)29-25(24)20-11-7-5-8-12-20/h5-19H,3-4H2,1-2H3,(H,28,32). The lowest BCUT2D eigenvalue weighted by Crippen LogP contribution is -2.30. The molecule has 0 aliphatic rings. The van der Waals surface area contributed by atoms with Crippen LogP contribution in [-0.2, 0) is 0 Å². The Morgan fingerprint density at radius 1 is 0.848 bits per heavy atom. The monoisotopic (exact) mass is 438 g/mol. The van der Waals surface area contributed by atoms with E-state index in [0.29, 0.717) is 35.6 Å². The van der Waals surface area contributed by atoms with Gasteiger partial charge in [-0.3, -0.25) is 9.59 Å². The zero-order chi connectivity index (χ0) is 23.2. The molecule has 0 saturated carbocycles. The Hall–Kier alpha value is -4.19. The normalized spacial score (nSPS) is 10.6. The maximum Gasteiger partial charge on any atom is 0.259 e. The number of benzene rings is 3. The first kappa shape index (κ1) is 22.0. The number of anilines is 1. The van der Waals surface area contributed by atoms with Crippen molar-refractivity contribution >= 4 is 17.5 Å². The Kier molecular flexibility index (Phi) is 6.64. The van der Waals surface area contributed by atoms with Crippen molar-refractivity contribution in [1.82, 2.24) is 14.7 Å². The van der Waals surface area contributed by atoms with Crippen LogP contribution in [0.4, 0.5) is 5.69 Å². The van der Waals surface area contributed by atoms with Crippen molar-refractivity contribution in [2.75, 3.05) is 18.4 Å². The predicted octanol–water partition coefficient (Wildman–Crippen LogP) is 5.27. The summed E-state index contributed by atoms with van der Waals surface area (Å²) in [6.07, 6.45) is 1.74. The van der Waals surface area contributed by atoms with Crippen molar-refractivity contribution in [1.29, 1.82) is 0 Å². The van der Waals surface area contributed by atoms with Crippen LogP contribution in [0.2, 0.25) is 0 Å². The summed E-state index contributed by atoms with van der Waals surface area (Å²) in [6, 6.07) is 26.3. The second kappa shape index (κ2) is 9.96. The highest BCUT2D eigenvalue weighted by molar-refractivity contribution is 6.08. The number of carbonyl (C=O) groups excluding carboxylic acids is 2. The number of aromatic nitrogens is 2. The Bertz CT molecular complexity index is 1230. The highest BCUT2D eigenvalue weighted by atomic mass is 16.2. The molecule has 0 fully saturated rings. The average molecular weight is 439 g/mol. The Labute approximate surface area is 193 Å². The Morgan fingerprint density at radius 2 is 1.45 bits per heavy atom. The lowest BCUT2D eigenvalue weighted by atomic mass is 10.1. The molecular formula is C27H26N4O2.